The van der Waals surface area contributed by atoms with Gasteiger partial charge >= 0.3 is 0 Å². The van der Waals surface area contributed by atoms with Gasteiger partial charge in [-0.2, -0.15) is 5.10 Å². The highest BCUT2D eigenvalue weighted by molar-refractivity contribution is 5.14. The Hall–Kier alpha value is -1.27. The number of nitrogens with zero attached hydrogens (tertiary/aromatic N) is 2. The van der Waals surface area contributed by atoms with Gasteiger partial charge in [-0.1, -0.05) is 13.8 Å². The Bertz CT molecular complexity index is 401. The van der Waals surface area contributed by atoms with Crippen molar-refractivity contribution in [3.05, 3.63) is 17.5 Å². The van der Waals surface area contributed by atoms with Crippen LogP contribution in [0.4, 0.5) is 0 Å². The molecule has 0 aliphatic rings. The van der Waals surface area contributed by atoms with E-state index in [9.17, 15) is 0 Å². The molecule has 0 bridgehead atoms. The highest BCUT2D eigenvalue weighted by Gasteiger charge is 2.16. The summed E-state index contributed by atoms with van der Waals surface area (Å²) < 4.78 is 2.13. The number of hydrogen-bond acceptors (Lipinski definition) is 2. The monoisotopic (exact) mass is 261 g/mol. The molecule has 0 radical (unpaired) electrons. The molecule has 19 heavy (non-hydrogen) atoms. The summed E-state index contributed by atoms with van der Waals surface area (Å²) in [6.07, 6.45) is 10.5. The third kappa shape index (κ3) is 4.72. The van der Waals surface area contributed by atoms with Gasteiger partial charge in [0.25, 0.3) is 0 Å². The zero-order valence-corrected chi connectivity index (χ0v) is 12.6. The highest BCUT2D eigenvalue weighted by Crippen LogP contribution is 2.21. The topological polar surface area (TPSA) is 29.9 Å². The van der Waals surface area contributed by atoms with Crippen LogP contribution in [-0.2, 0) is 13.0 Å². The van der Waals surface area contributed by atoms with Crippen molar-refractivity contribution in [3.63, 3.8) is 0 Å². The number of hydrogen-bond donors (Lipinski definition) is 1. The Balaban J connectivity index is 2.82. The minimum absolute atomic E-state index is 0.376. The fraction of sp³-hybridized carbons (Fsp3) is 0.688. The van der Waals surface area contributed by atoms with Gasteiger partial charge in [0.15, 0.2) is 0 Å². The normalized spacial score (nSPS) is 12.3. The van der Waals surface area contributed by atoms with Crippen molar-refractivity contribution in [1.29, 1.82) is 0 Å². The molecule has 1 unspecified atom stereocenters. The van der Waals surface area contributed by atoms with Gasteiger partial charge in [0.2, 0.25) is 0 Å². The lowest BCUT2D eigenvalue weighted by atomic mass is 10.1. The van der Waals surface area contributed by atoms with Crippen molar-refractivity contribution in [2.45, 2.75) is 65.5 Å². The van der Waals surface area contributed by atoms with Gasteiger partial charge in [0.05, 0.1) is 11.4 Å². The molecule has 0 amide bonds. The van der Waals surface area contributed by atoms with E-state index >= 15 is 0 Å². The van der Waals surface area contributed by atoms with Crippen LogP contribution >= 0.6 is 0 Å². The zero-order chi connectivity index (χ0) is 14.1. The van der Waals surface area contributed by atoms with Crippen molar-refractivity contribution in [2.24, 2.45) is 0 Å². The second kappa shape index (κ2) is 8.77. The van der Waals surface area contributed by atoms with E-state index in [4.69, 9.17) is 6.42 Å². The summed E-state index contributed by atoms with van der Waals surface area (Å²) >= 11 is 0. The summed E-state index contributed by atoms with van der Waals surface area (Å²) in [7, 11) is 0. The Labute approximate surface area is 117 Å². The molecule has 1 rings (SSSR count). The van der Waals surface area contributed by atoms with Gasteiger partial charge in [-0.25, -0.2) is 0 Å². The molecule has 0 spiro atoms. The molecule has 0 aliphatic heterocycles. The van der Waals surface area contributed by atoms with Gasteiger partial charge < -0.3 is 5.32 Å². The van der Waals surface area contributed by atoms with Crippen molar-refractivity contribution in [1.82, 2.24) is 15.1 Å². The van der Waals surface area contributed by atoms with Gasteiger partial charge in [0, 0.05) is 19.0 Å². The van der Waals surface area contributed by atoms with Crippen molar-refractivity contribution in [2.75, 3.05) is 6.54 Å². The second-order valence-corrected chi connectivity index (χ2v) is 4.83. The summed E-state index contributed by atoms with van der Waals surface area (Å²) in [5, 5.41) is 8.27. The molecule has 106 valence electrons. The fourth-order valence-corrected chi connectivity index (χ4v) is 2.27. The molecule has 3 heteroatoms. The lowest BCUT2D eigenvalue weighted by Crippen LogP contribution is -2.24. The fourth-order valence-electron chi connectivity index (χ4n) is 2.27. The minimum atomic E-state index is 0.376. The molecule has 1 atom stereocenters. The summed E-state index contributed by atoms with van der Waals surface area (Å²) in [4.78, 5) is 0. The summed E-state index contributed by atoms with van der Waals surface area (Å²) in [5.74, 6) is 2.73. The van der Waals surface area contributed by atoms with Gasteiger partial charge in [0.1, 0.15) is 0 Å². The number of unbranched alkanes of at least 4 members (excludes halogenated alkanes) is 1. The number of terminal acetylenes is 1. The Morgan fingerprint density at radius 1 is 1.42 bits per heavy atom. The first kappa shape index (κ1) is 15.8. The maximum absolute atomic E-state index is 5.35. The van der Waals surface area contributed by atoms with E-state index < -0.39 is 0 Å². The van der Waals surface area contributed by atoms with Crippen molar-refractivity contribution in [3.8, 4) is 12.3 Å². The summed E-state index contributed by atoms with van der Waals surface area (Å²) in [6, 6.07) is 2.62. The van der Waals surface area contributed by atoms with E-state index in [1.54, 1.807) is 0 Å². The van der Waals surface area contributed by atoms with Crippen LogP contribution in [0.2, 0.25) is 0 Å². The van der Waals surface area contributed by atoms with Crippen LogP contribution in [0.25, 0.3) is 0 Å². The maximum atomic E-state index is 5.35. The van der Waals surface area contributed by atoms with Gasteiger partial charge in [-0.3, -0.25) is 4.68 Å². The number of rotatable bonds is 9. The molecule has 1 N–H and O–H groups in total. The first-order valence-electron chi connectivity index (χ1n) is 7.50. The summed E-state index contributed by atoms with van der Waals surface area (Å²) in [6.45, 7) is 8.46. The first-order valence-corrected chi connectivity index (χ1v) is 7.50. The van der Waals surface area contributed by atoms with Gasteiger partial charge in [-0.15, -0.1) is 12.3 Å². The van der Waals surface area contributed by atoms with Crippen LogP contribution in [0.5, 0.6) is 0 Å². The maximum Gasteiger partial charge on any atom is 0.0625 e. The van der Waals surface area contributed by atoms with Crippen LogP contribution in [0.15, 0.2) is 6.07 Å². The standard InChI is InChI=1S/C16H27N3/c1-5-9-10-11-15(17-12-6-2)16-13-14(7-3)18-19(16)8-4/h1,13,15,17H,6-12H2,2-4H3. The second-order valence-electron chi connectivity index (χ2n) is 4.83. The molecule has 0 fully saturated rings. The lowest BCUT2D eigenvalue weighted by molar-refractivity contribution is 0.448. The van der Waals surface area contributed by atoms with E-state index in [2.05, 4.69) is 47.9 Å². The van der Waals surface area contributed by atoms with Crippen LogP contribution in [-0.4, -0.2) is 16.3 Å². The van der Waals surface area contributed by atoms with Crippen molar-refractivity contribution < 1.29 is 0 Å². The van der Waals surface area contributed by atoms with Crippen LogP contribution in [0, 0.1) is 12.3 Å². The SMILES string of the molecule is C#CCCCC(NCCC)c1cc(CC)nn1CC. The Morgan fingerprint density at radius 3 is 2.79 bits per heavy atom. The summed E-state index contributed by atoms with van der Waals surface area (Å²) in [5.41, 5.74) is 2.49. The number of aryl methyl sites for hydroxylation is 2. The molecule has 3 nitrogen and oxygen atoms in total. The molecule has 1 heterocycles. The lowest BCUT2D eigenvalue weighted by Gasteiger charge is -2.19. The third-order valence-electron chi connectivity index (χ3n) is 3.34. The first-order chi connectivity index (χ1) is 9.26. The Morgan fingerprint density at radius 2 is 2.21 bits per heavy atom. The average Bonchev–Trinajstić information content (AvgIpc) is 2.86. The molecular formula is C16H27N3. The van der Waals surface area contributed by atoms with E-state index in [1.165, 1.54) is 11.4 Å². The van der Waals surface area contributed by atoms with Crippen LogP contribution < -0.4 is 5.32 Å². The molecule has 0 aromatic carbocycles. The smallest absolute Gasteiger partial charge is 0.0625 e. The molecule has 0 aliphatic carbocycles. The molecule has 0 saturated heterocycles. The largest absolute Gasteiger partial charge is 0.309 e. The molecule has 1 aromatic rings. The third-order valence-corrected chi connectivity index (χ3v) is 3.34. The van der Waals surface area contributed by atoms with E-state index in [1.807, 2.05) is 0 Å². The quantitative estimate of drug-likeness (QED) is 0.546. The molecule has 1 aromatic heterocycles. The molecular weight excluding hydrogens is 234 g/mol. The predicted molar refractivity (Wildman–Crippen MR) is 81.0 cm³/mol. The van der Waals surface area contributed by atoms with E-state index in [0.717, 1.165) is 45.2 Å². The predicted octanol–water partition coefficient (Wildman–Crippen LogP) is 3.31. The van der Waals surface area contributed by atoms with E-state index in [0.29, 0.717) is 6.04 Å². The minimum Gasteiger partial charge on any atom is -0.309 e. The van der Waals surface area contributed by atoms with Crippen molar-refractivity contribution >= 4 is 0 Å². The van der Waals surface area contributed by atoms with Crippen LogP contribution in [0.1, 0.15) is 63.9 Å². The number of nitrogens with one attached hydrogen (secondary N) is 1. The highest BCUT2D eigenvalue weighted by atomic mass is 15.3. The van der Waals surface area contributed by atoms with Gasteiger partial charge in [-0.05, 0) is 45.2 Å². The Kier molecular flexibility index (Phi) is 7.28. The zero-order valence-electron chi connectivity index (χ0n) is 12.6. The average molecular weight is 261 g/mol. The van der Waals surface area contributed by atoms with Crippen LogP contribution in [0.3, 0.4) is 0 Å². The van der Waals surface area contributed by atoms with E-state index in [-0.39, 0.29) is 0 Å². The molecule has 0 saturated carbocycles. The number of aromatic nitrogens is 2.